The average molecular weight is 221 g/mol. The van der Waals surface area contributed by atoms with Crippen molar-refractivity contribution in [1.82, 2.24) is 0 Å². The number of carboxylic acid groups (broad SMARTS) is 1. The van der Waals surface area contributed by atoms with Crippen LogP contribution in [0.3, 0.4) is 0 Å². The molecule has 5 nitrogen and oxygen atoms in total. The Hall–Kier alpha value is -0.810. The molecular weight excluding hydrogens is 198 g/mol. The molecule has 0 aliphatic carbocycles. The number of carbonyl (C=O) groups is 1. The van der Waals surface area contributed by atoms with Crippen LogP contribution in [0.15, 0.2) is 0 Å². The fourth-order valence-corrected chi connectivity index (χ4v) is 1.06. The number of nitrogens with zero attached hydrogens (tertiary/aromatic N) is 1. The fourth-order valence-electron chi connectivity index (χ4n) is 1.06. The predicted molar refractivity (Wildman–Crippen MR) is 56.4 cm³/mol. The third-order valence-corrected chi connectivity index (χ3v) is 1.90. The summed E-state index contributed by atoms with van der Waals surface area (Å²) in [6.45, 7) is 5.44. The van der Waals surface area contributed by atoms with Crippen molar-refractivity contribution in [2.45, 2.75) is 13.3 Å². The van der Waals surface area contributed by atoms with Gasteiger partial charge in [0.2, 0.25) is 0 Å². The van der Waals surface area contributed by atoms with Crippen molar-refractivity contribution in [1.29, 1.82) is 0 Å². The third-order valence-electron chi connectivity index (χ3n) is 1.90. The van der Waals surface area contributed by atoms with Gasteiger partial charge in [-0.3, -0.25) is 0 Å². The number of hydrogen-bond donors (Lipinski definition) is 0. The molecule has 0 aliphatic rings. The molecular formula is C10H23NO4. The smallest absolute Gasteiger partial charge is 0.251 e. The van der Waals surface area contributed by atoms with Crippen LogP contribution >= 0.6 is 0 Å². The molecule has 0 fully saturated rings. The van der Waals surface area contributed by atoms with Crippen LogP contribution < -0.4 is 5.11 Å². The highest BCUT2D eigenvalue weighted by Crippen LogP contribution is 1.97. The monoisotopic (exact) mass is 221 g/mol. The third kappa shape index (κ3) is 15.9. The van der Waals surface area contributed by atoms with Crippen LogP contribution in [-0.4, -0.2) is 58.6 Å². The molecule has 0 aromatic carbocycles. The fraction of sp³-hybridized carbons (Fsp3) is 0.900. The maximum absolute atomic E-state index is 9.03. The van der Waals surface area contributed by atoms with E-state index in [1.807, 2.05) is 0 Å². The van der Waals surface area contributed by atoms with E-state index in [0.29, 0.717) is 0 Å². The summed E-state index contributed by atoms with van der Waals surface area (Å²) in [6.07, 6.45) is -0.249. The van der Waals surface area contributed by atoms with E-state index in [1.165, 1.54) is 13.0 Å². The van der Waals surface area contributed by atoms with E-state index >= 15 is 0 Å². The van der Waals surface area contributed by atoms with Crippen molar-refractivity contribution in [3.8, 4) is 0 Å². The highest BCUT2D eigenvalue weighted by Gasteiger charge is 2.11. The van der Waals surface area contributed by atoms with E-state index in [0.717, 1.165) is 24.7 Å². The Balaban J connectivity index is 0. The molecule has 0 heterocycles. The largest absolute Gasteiger partial charge is 0.553 e. The van der Waals surface area contributed by atoms with Crippen molar-refractivity contribution in [3.05, 3.63) is 0 Å². The SMILES string of the molecule is CCC[N+](C)(C)CCOC.COC(=O)[O-]. The van der Waals surface area contributed by atoms with E-state index < -0.39 is 6.16 Å². The van der Waals surface area contributed by atoms with Gasteiger partial charge in [-0.15, -0.1) is 0 Å². The summed E-state index contributed by atoms with van der Waals surface area (Å²) in [5, 5.41) is 9.03. The standard InChI is InChI=1S/C8H20NO.C2H4O3/c1-5-6-9(2,3)7-8-10-4;1-5-2(3)4/h5-8H2,1-4H3;1H3,(H,3,4)/q+1;/p-1. The number of carbonyl (C=O) groups excluding carboxylic acids is 1. The van der Waals surface area contributed by atoms with Gasteiger partial charge < -0.3 is 23.9 Å². The molecule has 5 heteroatoms. The second kappa shape index (κ2) is 9.73. The van der Waals surface area contributed by atoms with Gasteiger partial charge in [-0.25, -0.2) is 0 Å². The minimum absolute atomic E-state index is 0.868. The van der Waals surface area contributed by atoms with Crippen LogP contribution in [0, 0.1) is 0 Å². The summed E-state index contributed by atoms with van der Waals surface area (Å²) in [4.78, 5) is 9.03. The molecule has 15 heavy (non-hydrogen) atoms. The number of ether oxygens (including phenoxy) is 2. The Morgan fingerprint density at radius 1 is 1.27 bits per heavy atom. The molecule has 0 saturated heterocycles. The summed E-state index contributed by atoms with van der Waals surface area (Å²) >= 11 is 0. The highest BCUT2D eigenvalue weighted by molar-refractivity contribution is 5.53. The van der Waals surface area contributed by atoms with Gasteiger partial charge in [-0.2, -0.15) is 0 Å². The lowest BCUT2D eigenvalue weighted by molar-refractivity contribution is -0.890. The highest BCUT2D eigenvalue weighted by atomic mass is 16.6. The molecule has 92 valence electrons. The minimum Gasteiger partial charge on any atom is -0.553 e. The zero-order valence-corrected chi connectivity index (χ0v) is 10.4. The van der Waals surface area contributed by atoms with Crippen LogP contribution in [0.4, 0.5) is 4.79 Å². The maximum Gasteiger partial charge on any atom is 0.251 e. The van der Waals surface area contributed by atoms with E-state index in [9.17, 15) is 0 Å². The number of hydrogen-bond acceptors (Lipinski definition) is 4. The zero-order chi connectivity index (χ0) is 12.3. The molecule has 0 saturated carbocycles. The summed E-state index contributed by atoms with van der Waals surface area (Å²) in [5.41, 5.74) is 0. The topological polar surface area (TPSA) is 58.6 Å². The molecule has 0 aromatic rings. The minimum atomic E-state index is -1.50. The van der Waals surface area contributed by atoms with Gasteiger partial charge in [0.15, 0.2) is 0 Å². The lowest BCUT2D eigenvalue weighted by Crippen LogP contribution is -2.42. The molecule has 0 aromatic heterocycles. The molecule has 0 spiro atoms. The maximum atomic E-state index is 9.03. The van der Waals surface area contributed by atoms with Crippen molar-refractivity contribution in [2.75, 3.05) is 48.0 Å². The van der Waals surface area contributed by atoms with E-state index in [1.54, 1.807) is 7.11 Å². The Morgan fingerprint density at radius 2 is 1.73 bits per heavy atom. The zero-order valence-electron chi connectivity index (χ0n) is 10.4. The first-order valence-corrected chi connectivity index (χ1v) is 4.95. The van der Waals surface area contributed by atoms with Gasteiger partial charge in [-0.05, 0) is 6.42 Å². The second-order valence-corrected chi connectivity index (χ2v) is 3.83. The Bertz CT molecular complexity index is 160. The lowest BCUT2D eigenvalue weighted by Gasteiger charge is -2.28. The summed E-state index contributed by atoms with van der Waals surface area (Å²) in [6, 6.07) is 0. The molecule has 0 aliphatic heterocycles. The Labute approximate surface area is 92.2 Å². The number of likely N-dealkylation sites (N-methyl/N-ethyl adjacent to an activating group) is 1. The normalized spacial score (nSPS) is 10.2. The average Bonchev–Trinajstić information content (AvgIpc) is 2.16. The number of methoxy groups -OCH3 is 2. The van der Waals surface area contributed by atoms with E-state index in [2.05, 4.69) is 25.8 Å². The van der Waals surface area contributed by atoms with Crippen LogP contribution in [0.1, 0.15) is 13.3 Å². The first-order chi connectivity index (χ1) is 6.89. The van der Waals surface area contributed by atoms with Crippen LogP contribution in [0.5, 0.6) is 0 Å². The van der Waals surface area contributed by atoms with E-state index in [-0.39, 0.29) is 0 Å². The summed E-state index contributed by atoms with van der Waals surface area (Å²) in [7, 11) is 7.27. The van der Waals surface area contributed by atoms with Crippen molar-refractivity contribution >= 4 is 6.16 Å². The van der Waals surface area contributed by atoms with E-state index in [4.69, 9.17) is 14.6 Å². The molecule has 0 bridgehead atoms. The molecule has 0 unspecified atom stereocenters. The van der Waals surface area contributed by atoms with Gasteiger partial charge in [0.1, 0.15) is 6.54 Å². The first-order valence-electron chi connectivity index (χ1n) is 4.95. The van der Waals surface area contributed by atoms with Crippen LogP contribution in [0.25, 0.3) is 0 Å². The molecule has 0 N–H and O–H groups in total. The molecule has 0 atom stereocenters. The molecule has 0 radical (unpaired) electrons. The first kappa shape index (κ1) is 16.6. The Morgan fingerprint density at radius 3 is 2.00 bits per heavy atom. The second-order valence-electron chi connectivity index (χ2n) is 3.83. The van der Waals surface area contributed by atoms with Crippen LogP contribution in [-0.2, 0) is 9.47 Å². The summed E-state index contributed by atoms with van der Waals surface area (Å²) < 4.78 is 9.64. The van der Waals surface area contributed by atoms with Gasteiger partial charge >= 0.3 is 0 Å². The van der Waals surface area contributed by atoms with Gasteiger partial charge in [0, 0.05) is 14.2 Å². The summed E-state index contributed by atoms with van der Waals surface area (Å²) in [5.74, 6) is 0. The number of quaternary nitrogens is 1. The van der Waals surface area contributed by atoms with Crippen LogP contribution in [0.2, 0.25) is 0 Å². The van der Waals surface area contributed by atoms with Crippen molar-refractivity contribution in [2.24, 2.45) is 0 Å². The van der Waals surface area contributed by atoms with Gasteiger partial charge in [-0.1, -0.05) is 6.92 Å². The predicted octanol–water partition coefficient (Wildman–Crippen LogP) is 0.0953. The van der Waals surface area contributed by atoms with Gasteiger partial charge in [0.05, 0.1) is 27.2 Å². The number of rotatable bonds is 5. The molecule has 0 amide bonds. The lowest BCUT2D eigenvalue weighted by atomic mass is 10.4. The quantitative estimate of drug-likeness (QED) is 0.488. The molecule has 0 rings (SSSR count). The van der Waals surface area contributed by atoms with Crippen molar-refractivity contribution in [3.63, 3.8) is 0 Å². The van der Waals surface area contributed by atoms with Gasteiger partial charge in [0.25, 0.3) is 6.16 Å². The Kier molecular flexibility index (Phi) is 10.8. The van der Waals surface area contributed by atoms with Crippen molar-refractivity contribution < 1.29 is 23.9 Å².